The van der Waals surface area contributed by atoms with E-state index in [1.165, 1.54) is 18.4 Å². The first-order chi connectivity index (χ1) is 16.0. The zero-order valence-corrected chi connectivity index (χ0v) is 18.6. The Morgan fingerprint density at radius 2 is 2.15 bits per heavy atom. The maximum absolute atomic E-state index is 12.9. The molecule has 2 saturated carbocycles. The van der Waals surface area contributed by atoms with E-state index in [1.807, 2.05) is 6.07 Å². The number of ether oxygens (including phenoxy) is 1. The molecule has 1 spiro atoms. The van der Waals surface area contributed by atoms with Crippen molar-refractivity contribution in [3.8, 4) is 11.5 Å². The number of aromatic amines is 1. The lowest BCUT2D eigenvalue weighted by molar-refractivity contribution is -0.192. The van der Waals surface area contributed by atoms with Gasteiger partial charge in [0.05, 0.1) is 23.5 Å². The second-order valence-electron chi connectivity index (χ2n) is 10.8. The molecule has 0 unspecified atom stereocenters. The standard InChI is InChI=1S/C25H30N4O4/c30-18-4-3-15-11-19-25(32)7-5-17(27-20(31)12-16-6-9-26-28-16)23-24(25,21(15)22(18)33-23)8-10-29(19)13-14-1-2-14/h3-4,6,9,14,17,19,23,30,32H,1-2,5,7-8,10-13H2,(H,26,28)(H,27,31)/t17-,19+,23-,24-,25+/m0/s1. The maximum atomic E-state index is 12.9. The van der Waals surface area contributed by atoms with E-state index in [9.17, 15) is 15.0 Å². The molecule has 2 bridgehead atoms. The molecule has 5 atom stereocenters. The molecule has 1 aromatic carbocycles. The molecular formula is C25H30N4O4. The van der Waals surface area contributed by atoms with E-state index in [2.05, 4.69) is 20.4 Å². The summed E-state index contributed by atoms with van der Waals surface area (Å²) in [6.07, 6.45) is 6.86. The highest BCUT2D eigenvalue weighted by Crippen LogP contribution is 2.65. The minimum atomic E-state index is -0.929. The van der Waals surface area contributed by atoms with Crippen LogP contribution in [0.2, 0.25) is 0 Å². The van der Waals surface area contributed by atoms with Gasteiger partial charge in [0, 0.05) is 30.0 Å². The molecule has 8 heteroatoms. The Hall–Kier alpha value is -2.58. The number of carbonyl (C=O) groups is 1. The lowest BCUT2D eigenvalue weighted by atomic mass is 9.48. The molecule has 174 valence electrons. The van der Waals surface area contributed by atoms with Crippen LogP contribution in [0.15, 0.2) is 24.4 Å². The second-order valence-corrected chi connectivity index (χ2v) is 10.8. The Kier molecular flexibility index (Phi) is 4.05. The first kappa shape index (κ1) is 19.9. The van der Waals surface area contributed by atoms with Crippen LogP contribution >= 0.6 is 0 Å². The van der Waals surface area contributed by atoms with Crippen molar-refractivity contribution in [2.75, 3.05) is 13.1 Å². The van der Waals surface area contributed by atoms with Crippen molar-refractivity contribution in [1.29, 1.82) is 0 Å². The number of carbonyl (C=O) groups excluding carboxylic acids is 1. The molecule has 1 amide bonds. The van der Waals surface area contributed by atoms with Crippen LogP contribution in [0.1, 0.15) is 48.9 Å². The van der Waals surface area contributed by atoms with E-state index >= 15 is 0 Å². The summed E-state index contributed by atoms with van der Waals surface area (Å²) < 4.78 is 6.49. The van der Waals surface area contributed by atoms with Gasteiger partial charge in [-0.15, -0.1) is 0 Å². The SMILES string of the molecule is O=C(Cc1ccn[nH]1)N[C@H]1CC[C@@]2(O)[C@H]3Cc4ccc(O)c5c4[C@@]2(CCN3CC2CC2)[C@H]1O5. The fourth-order valence-electron chi connectivity index (χ4n) is 7.44. The van der Waals surface area contributed by atoms with Crippen LogP contribution in [0, 0.1) is 5.92 Å². The number of piperidine rings is 1. The van der Waals surface area contributed by atoms with Crippen molar-refractivity contribution >= 4 is 5.91 Å². The molecule has 3 fully saturated rings. The van der Waals surface area contributed by atoms with Crippen LogP contribution in [-0.2, 0) is 23.1 Å². The lowest BCUT2D eigenvalue weighted by Gasteiger charge is -2.64. The van der Waals surface area contributed by atoms with Gasteiger partial charge in [-0.1, -0.05) is 6.07 Å². The highest BCUT2D eigenvalue weighted by Gasteiger charge is 2.73. The van der Waals surface area contributed by atoms with Gasteiger partial charge in [0.25, 0.3) is 0 Å². The number of benzene rings is 1. The number of nitrogens with zero attached hydrogens (tertiary/aromatic N) is 2. The third-order valence-corrected chi connectivity index (χ3v) is 9.02. The van der Waals surface area contributed by atoms with E-state index in [0.717, 1.165) is 43.1 Å². The van der Waals surface area contributed by atoms with Gasteiger partial charge < -0.3 is 20.3 Å². The quantitative estimate of drug-likeness (QED) is 0.548. The summed E-state index contributed by atoms with van der Waals surface area (Å²) in [6, 6.07) is 5.34. The number of likely N-dealkylation sites (tertiary alicyclic amines) is 1. The minimum absolute atomic E-state index is 0.0441. The van der Waals surface area contributed by atoms with Crippen molar-refractivity contribution < 1.29 is 19.7 Å². The second kappa shape index (κ2) is 6.73. The largest absolute Gasteiger partial charge is 0.504 e. The number of aliphatic hydroxyl groups is 1. The van der Waals surface area contributed by atoms with Crippen LogP contribution < -0.4 is 10.1 Å². The van der Waals surface area contributed by atoms with Gasteiger partial charge in [0.15, 0.2) is 11.5 Å². The monoisotopic (exact) mass is 450 g/mol. The number of phenols is 1. The number of aromatic hydroxyl groups is 1. The Morgan fingerprint density at radius 3 is 2.94 bits per heavy atom. The third kappa shape index (κ3) is 2.65. The molecule has 0 radical (unpaired) electrons. The summed E-state index contributed by atoms with van der Waals surface area (Å²) in [5.41, 5.74) is 1.39. The van der Waals surface area contributed by atoms with E-state index in [0.29, 0.717) is 18.6 Å². The zero-order chi connectivity index (χ0) is 22.4. The average Bonchev–Trinajstić information content (AvgIpc) is 3.31. The number of amides is 1. The number of hydrogen-bond donors (Lipinski definition) is 4. The average molecular weight is 451 g/mol. The molecule has 1 saturated heterocycles. The summed E-state index contributed by atoms with van der Waals surface area (Å²) in [6.45, 7) is 1.96. The summed E-state index contributed by atoms with van der Waals surface area (Å²) in [7, 11) is 0. The molecule has 3 heterocycles. The van der Waals surface area contributed by atoms with Gasteiger partial charge in [0.2, 0.25) is 5.91 Å². The van der Waals surface area contributed by atoms with Gasteiger partial charge in [-0.25, -0.2) is 0 Å². The Bertz CT molecular complexity index is 1120. The topological polar surface area (TPSA) is 111 Å². The van der Waals surface area contributed by atoms with Crippen molar-refractivity contribution in [2.45, 2.75) is 74.1 Å². The van der Waals surface area contributed by atoms with Crippen LogP contribution in [0.3, 0.4) is 0 Å². The fraction of sp³-hybridized carbons (Fsp3) is 0.600. The van der Waals surface area contributed by atoms with E-state index < -0.39 is 17.1 Å². The number of hydrogen-bond acceptors (Lipinski definition) is 6. The minimum Gasteiger partial charge on any atom is -0.504 e. The van der Waals surface area contributed by atoms with Crippen LogP contribution in [-0.4, -0.2) is 68.1 Å². The van der Waals surface area contributed by atoms with Crippen molar-refractivity contribution in [3.05, 3.63) is 41.2 Å². The van der Waals surface area contributed by atoms with Gasteiger partial charge >= 0.3 is 0 Å². The van der Waals surface area contributed by atoms with Gasteiger partial charge in [-0.05, 0) is 68.7 Å². The normalized spacial score (nSPS) is 36.2. The summed E-state index contributed by atoms with van der Waals surface area (Å²) in [5, 5.41) is 33.1. The first-order valence-electron chi connectivity index (χ1n) is 12.3. The van der Waals surface area contributed by atoms with Crippen LogP contribution in [0.25, 0.3) is 0 Å². The fourth-order valence-corrected chi connectivity index (χ4v) is 7.44. The van der Waals surface area contributed by atoms with Gasteiger partial charge in [-0.3, -0.25) is 14.8 Å². The molecular weight excluding hydrogens is 420 g/mol. The van der Waals surface area contributed by atoms with E-state index in [1.54, 1.807) is 18.3 Å². The van der Waals surface area contributed by atoms with Gasteiger partial charge in [-0.2, -0.15) is 5.10 Å². The van der Waals surface area contributed by atoms with Crippen molar-refractivity contribution in [1.82, 2.24) is 20.4 Å². The van der Waals surface area contributed by atoms with Crippen molar-refractivity contribution in [3.63, 3.8) is 0 Å². The number of aromatic nitrogens is 2. The highest BCUT2D eigenvalue weighted by atomic mass is 16.5. The van der Waals surface area contributed by atoms with E-state index in [-0.39, 0.29) is 30.2 Å². The number of nitrogens with one attached hydrogen (secondary N) is 2. The molecule has 4 N–H and O–H groups in total. The molecule has 7 rings (SSSR count). The van der Waals surface area contributed by atoms with Crippen LogP contribution in [0.4, 0.5) is 0 Å². The molecule has 2 aromatic rings. The molecule has 2 aliphatic heterocycles. The predicted molar refractivity (Wildman–Crippen MR) is 119 cm³/mol. The highest BCUT2D eigenvalue weighted by molar-refractivity contribution is 5.78. The zero-order valence-electron chi connectivity index (χ0n) is 18.6. The number of H-pyrrole nitrogens is 1. The number of phenolic OH excluding ortho intramolecular Hbond substituents is 1. The van der Waals surface area contributed by atoms with E-state index in [4.69, 9.17) is 4.74 Å². The molecule has 1 aromatic heterocycles. The lowest BCUT2D eigenvalue weighted by Crippen LogP contribution is -2.78. The third-order valence-electron chi connectivity index (χ3n) is 9.02. The molecule has 8 nitrogen and oxygen atoms in total. The Morgan fingerprint density at radius 1 is 1.27 bits per heavy atom. The van der Waals surface area contributed by atoms with Crippen molar-refractivity contribution in [2.24, 2.45) is 5.92 Å². The number of rotatable bonds is 5. The van der Waals surface area contributed by atoms with Gasteiger partial charge in [0.1, 0.15) is 6.10 Å². The maximum Gasteiger partial charge on any atom is 0.226 e. The Labute approximate surface area is 192 Å². The molecule has 5 aliphatic rings. The predicted octanol–water partition coefficient (Wildman–Crippen LogP) is 1.41. The summed E-state index contributed by atoms with van der Waals surface area (Å²) in [5.74, 6) is 1.31. The van der Waals surface area contributed by atoms with Crippen LogP contribution in [0.5, 0.6) is 11.5 Å². The molecule has 33 heavy (non-hydrogen) atoms. The molecule has 3 aliphatic carbocycles. The Balaban J connectivity index is 1.27. The summed E-state index contributed by atoms with van der Waals surface area (Å²) in [4.78, 5) is 15.4. The smallest absolute Gasteiger partial charge is 0.226 e. The summed E-state index contributed by atoms with van der Waals surface area (Å²) >= 11 is 0. The first-order valence-corrected chi connectivity index (χ1v) is 12.3.